The second-order valence-corrected chi connectivity index (χ2v) is 4.71. The van der Waals surface area contributed by atoms with Gasteiger partial charge in [-0.25, -0.2) is 0 Å². The molecule has 1 aliphatic heterocycles. The average molecular weight is 309 g/mol. The highest BCUT2D eigenvalue weighted by Gasteiger charge is 2.22. The lowest BCUT2D eigenvalue weighted by Gasteiger charge is -2.24. The lowest BCUT2D eigenvalue weighted by Crippen LogP contribution is -2.34. The highest BCUT2D eigenvalue weighted by atomic mass is 127. The molecule has 1 atom stereocenters. The molecule has 1 heterocycles. The molecule has 1 unspecified atom stereocenters. The van der Waals surface area contributed by atoms with E-state index in [0.29, 0.717) is 4.17 Å². The largest absolute Gasteiger partial charge is 0.332 e. The molecule has 0 N–H and O–H groups in total. The molecule has 0 radical (unpaired) electrons. The predicted molar refractivity (Wildman–Crippen MR) is 69.5 cm³/mol. The SMILES string of the molecule is CCCCCCN1N=CN(CC)C1I. The zero-order valence-electron chi connectivity index (χ0n) is 9.12. The fourth-order valence-electron chi connectivity index (χ4n) is 1.51. The predicted octanol–water partition coefficient (Wildman–Crippen LogP) is 2.87. The third kappa shape index (κ3) is 3.29. The van der Waals surface area contributed by atoms with Gasteiger partial charge in [0, 0.05) is 13.1 Å². The number of rotatable bonds is 6. The van der Waals surface area contributed by atoms with E-state index in [9.17, 15) is 0 Å². The molecule has 0 aromatic heterocycles. The Morgan fingerprint density at radius 3 is 2.64 bits per heavy atom. The van der Waals surface area contributed by atoms with E-state index in [1.54, 1.807) is 0 Å². The van der Waals surface area contributed by atoms with Crippen LogP contribution >= 0.6 is 22.6 Å². The Bertz CT molecular complexity index is 184. The molecular formula is C10H20IN3. The van der Waals surface area contributed by atoms with E-state index >= 15 is 0 Å². The molecule has 0 aliphatic carbocycles. The average Bonchev–Trinajstić information content (AvgIpc) is 2.55. The van der Waals surface area contributed by atoms with Crippen molar-refractivity contribution in [1.82, 2.24) is 9.91 Å². The number of halogens is 1. The topological polar surface area (TPSA) is 18.8 Å². The monoisotopic (exact) mass is 309 g/mol. The maximum Gasteiger partial charge on any atom is 0.171 e. The van der Waals surface area contributed by atoms with Crippen LogP contribution in [0.5, 0.6) is 0 Å². The van der Waals surface area contributed by atoms with Gasteiger partial charge in [-0.3, -0.25) is 5.01 Å². The quantitative estimate of drug-likeness (QED) is 0.325. The second-order valence-electron chi connectivity index (χ2n) is 3.60. The van der Waals surface area contributed by atoms with Gasteiger partial charge in [-0.2, -0.15) is 5.10 Å². The molecule has 14 heavy (non-hydrogen) atoms. The summed E-state index contributed by atoms with van der Waals surface area (Å²) in [4.78, 5) is 2.25. The molecule has 0 saturated carbocycles. The summed E-state index contributed by atoms with van der Waals surface area (Å²) in [5, 5.41) is 6.57. The van der Waals surface area contributed by atoms with Crippen LogP contribution in [-0.4, -0.2) is 33.5 Å². The summed E-state index contributed by atoms with van der Waals surface area (Å²) in [5.74, 6) is 0. The molecule has 1 aliphatic rings. The van der Waals surface area contributed by atoms with E-state index in [4.69, 9.17) is 0 Å². The first-order valence-electron chi connectivity index (χ1n) is 5.50. The van der Waals surface area contributed by atoms with Gasteiger partial charge in [-0.05, 0) is 35.9 Å². The number of alkyl halides is 1. The van der Waals surface area contributed by atoms with Crippen LogP contribution in [0.25, 0.3) is 0 Å². The Balaban J connectivity index is 2.17. The zero-order chi connectivity index (χ0) is 10.4. The maximum atomic E-state index is 4.39. The summed E-state index contributed by atoms with van der Waals surface area (Å²) >= 11 is 2.44. The van der Waals surface area contributed by atoms with Crippen LogP contribution in [0.2, 0.25) is 0 Å². The van der Waals surface area contributed by atoms with E-state index in [1.165, 1.54) is 25.7 Å². The molecule has 0 aromatic rings. The van der Waals surface area contributed by atoms with Crippen molar-refractivity contribution in [2.24, 2.45) is 5.10 Å². The molecule has 1 rings (SSSR count). The van der Waals surface area contributed by atoms with Crippen LogP contribution in [0.4, 0.5) is 0 Å². The first-order valence-corrected chi connectivity index (χ1v) is 6.74. The van der Waals surface area contributed by atoms with E-state index < -0.39 is 0 Å². The van der Waals surface area contributed by atoms with Gasteiger partial charge in [0.15, 0.2) is 4.17 Å². The molecule has 0 aromatic carbocycles. The number of unbranched alkanes of at least 4 members (excludes halogenated alkanes) is 3. The molecule has 0 bridgehead atoms. The molecule has 0 spiro atoms. The van der Waals surface area contributed by atoms with Crippen molar-refractivity contribution in [1.29, 1.82) is 0 Å². The van der Waals surface area contributed by atoms with E-state index in [-0.39, 0.29) is 0 Å². The highest BCUT2D eigenvalue weighted by molar-refractivity contribution is 14.1. The number of nitrogens with zero attached hydrogens (tertiary/aromatic N) is 3. The Kier molecular flexibility index (Phi) is 5.59. The van der Waals surface area contributed by atoms with Gasteiger partial charge in [0.1, 0.15) is 6.34 Å². The standard InChI is InChI=1S/C10H20IN3/c1-3-5-6-7-8-14-10(11)13(4-2)9-12-14/h9-10H,3-8H2,1-2H3. The van der Waals surface area contributed by atoms with Crippen LogP contribution in [0, 0.1) is 0 Å². The molecule has 4 heteroatoms. The van der Waals surface area contributed by atoms with Crippen molar-refractivity contribution in [2.45, 2.75) is 43.7 Å². The van der Waals surface area contributed by atoms with Gasteiger partial charge >= 0.3 is 0 Å². The summed E-state index contributed by atoms with van der Waals surface area (Å²) < 4.78 is 0.430. The van der Waals surface area contributed by atoms with Crippen molar-refractivity contribution >= 4 is 28.9 Å². The Hall–Kier alpha value is 0. The fourth-order valence-corrected chi connectivity index (χ4v) is 2.47. The summed E-state index contributed by atoms with van der Waals surface area (Å²) in [6, 6.07) is 0. The van der Waals surface area contributed by atoms with Crippen LogP contribution in [-0.2, 0) is 0 Å². The summed E-state index contributed by atoms with van der Waals surface area (Å²) in [6.45, 7) is 6.55. The minimum absolute atomic E-state index is 0.430. The maximum absolute atomic E-state index is 4.39. The van der Waals surface area contributed by atoms with Gasteiger partial charge in [0.05, 0.1) is 0 Å². The second kappa shape index (κ2) is 6.48. The third-order valence-electron chi connectivity index (χ3n) is 2.47. The smallest absolute Gasteiger partial charge is 0.171 e. The summed E-state index contributed by atoms with van der Waals surface area (Å²) in [7, 11) is 0. The van der Waals surface area contributed by atoms with E-state index in [2.05, 4.69) is 51.4 Å². The van der Waals surface area contributed by atoms with Gasteiger partial charge in [-0.1, -0.05) is 26.2 Å². The van der Waals surface area contributed by atoms with Crippen molar-refractivity contribution in [2.75, 3.05) is 13.1 Å². The van der Waals surface area contributed by atoms with Crippen molar-refractivity contribution in [3.05, 3.63) is 0 Å². The Labute approximate surface area is 101 Å². The fraction of sp³-hybridized carbons (Fsp3) is 0.900. The minimum atomic E-state index is 0.430. The first-order chi connectivity index (χ1) is 6.79. The molecular weight excluding hydrogens is 289 g/mol. The molecule has 82 valence electrons. The van der Waals surface area contributed by atoms with E-state index in [1.807, 2.05) is 6.34 Å². The Morgan fingerprint density at radius 2 is 2.07 bits per heavy atom. The summed E-state index contributed by atoms with van der Waals surface area (Å²) in [6.07, 6.45) is 7.20. The molecule has 0 saturated heterocycles. The van der Waals surface area contributed by atoms with Crippen LogP contribution < -0.4 is 0 Å². The van der Waals surface area contributed by atoms with Gasteiger partial charge in [0.2, 0.25) is 0 Å². The third-order valence-corrected chi connectivity index (χ3v) is 3.83. The van der Waals surface area contributed by atoms with Gasteiger partial charge < -0.3 is 4.90 Å². The number of hydrogen-bond acceptors (Lipinski definition) is 3. The van der Waals surface area contributed by atoms with Gasteiger partial charge in [-0.15, -0.1) is 0 Å². The highest BCUT2D eigenvalue weighted by Crippen LogP contribution is 2.18. The molecule has 3 nitrogen and oxygen atoms in total. The van der Waals surface area contributed by atoms with Crippen LogP contribution in [0.15, 0.2) is 5.10 Å². The number of hydrazone groups is 1. The molecule has 0 amide bonds. The summed E-state index contributed by atoms with van der Waals surface area (Å²) in [5.41, 5.74) is 0. The van der Waals surface area contributed by atoms with Crippen molar-refractivity contribution < 1.29 is 0 Å². The first kappa shape index (κ1) is 12.1. The van der Waals surface area contributed by atoms with Crippen LogP contribution in [0.3, 0.4) is 0 Å². The van der Waals surface area contributed by atoms with Crippen molar-refractivity contribution in [3.63, 3.8) is 0 Å². The normalized spacial score (nSPS) is 20.9. The molecule has 0 fully saturated rings. The van der Waals surface area contributed by atoms with Crippen LogP contribution in [0.1, 0.15) is 39.5 Å². The number of hydrogen-bond donors (Lipinski definition) is 0. The van der Waals surface area contributed by atoms with E-state index in [0.717, 1.165) is 13.1 Å². The van der Waals surface area contributed by atoms with Crippen molar-refractivity contribution in [3.8, 4) is 0 Å². The lowest BCUT2D eigenvalue weighted by atomic mass is 10.2. The minimum Gasteiger partial charge on any atom is -0.332 e. The van der Waals surface area contributed by atoms with Gasteiger partial charge in [0.25, 0.3) is 0 Å². The zero-order valence-corrected chi connectivity index (χ0v) is 11.3. The lowest BCUT2D eigenvalue weighted by molar-refractivity contribution is 0.219. The Morgan fingerprint density at radius 1 is 1.29 bits per heavy atom.